The van der Waals surface area contributed by atoms with E-state index in [1.807, 2.05) is 32.0 Å². The molecule has 1 unspecified atom stereocenters. The quantitative estimate of drug-likeness (QED) is 0.519. The Bertz CT molecular complexity index is 544. The minimum Gasteiger partial charge on any atom is -0.399 e. The summed E-state index contributed by atoms with van der Waals surface area (Å²) in [6, 6.07) is 18.5. The first kappa shape index (κ1) is 17.3. The van der Waals surface area contributed by atoms with E-state index in [2.05, 4.69) is 36.4 Å². The summed E-state index contributed by atoms with van der Waals surface area (Å²) >= 11 is 1.73. The normalized spacial score (nSPS) is 12.5. The van der Waals surface area contributed by atoms with Crippen LogP contribution in [0, 0.1) is 0 Å². The summed E-state index contributed by atoms with van der Waals surface area (Å²) in [7, 11) is -0.970. The van der Waals surface area contributed by atoms with Gasteiger partial charge in [-0.1, -0.05) is 53.8 Å². The van der Waals surface area contributed by atoms with E-state index in [9.17, 15) is 0 Å². The van der Waals surface area contributed by atoms with Crippen LogP contribution in [-0.2, 0) is 9.05 Å². The van der Waals surface area contributed by atoms with Gasteiger partial charge in [-0.3, -0.25) is 0 Å². The summed E-state index contributed by atoms with van der Waals surface area (Å²) in [5.74, 6) is 0. The Hall–Kier alpha value is -1.06. The lowest BCUT2D eigenvalue weighted by molar-refractivity contribution is 0.283. The summed E-state index contributed by atoms with van der Waals surface area (Å²) in [5, 5.41) is 0.172. The number of nitrogen functional groups attached to an aromatic ring is 1. The van der Waals surface area contributed by atoms with Crippen LogP contribution >= 0.6 is 19.0 Å². The smallest absolute Gasteiger partial charge is 0.238 e. The van der Waals surface area contributed by atoms with Crippen molar-refractivity contribution in [2.75, 3.05) is 18.9 Å². The van der Waals surface area contributed by atoms with Crippen LogP contribution in [0.5, 0.6) is 0 Å². The lowest BCUT2D eigenvalue weighted by Gasteiger charge is -2.22. The van der Waals surface area contributed by atoms with E-state index in [4.69, 9.17) is 14.8 Å². The van der Waals surface area contributed by atoms with Crippen molar-refractivity contribution in [3.63, 3.8) is 0 Å². The third kappa shape index (κ3) is 4.99. The second kappa shape index (κ2) is 9.16. The molecule has 0 bridgehead atoms. The molecule has 1 atom stereocenters. The second-order valence-electron chi connectivity index (χ2n) is 4.62. The van der Waals surface area contributed by atoms with Crippen LogP contribution in [0.2, 0.25) is 0 Å². The summed E-state index contributed by atoms with van der Waals surface area (Å²) < 4.78 is 11.5. The molecule has 2 N–H and O–H groups in total. The lowest BCUT2D eigenvalue weighted by atomic mass is 10.0. The number of hydrogen-bond donors (Lipinski definition) is 1. The van der Waals surface area contributed by atoms with Crippen molar-refractivity contribution < 1.29 is 9.05 Å². The maximum absolute atomic E-state index is 5.81. The van der Waals surface area contributed by atoms with E-state index in [1.54, 1.807) is 11.4 Å². The number of rotatable bonds is 8. The van der Waals surface area contributed by atoms with E-state index >= 15 is 0 Å². The standard InChI is InChI=1S/C17H22NO2PS/c1-3-19-21(20-4-2)22-17(14-8-6-5-7-9-14)15-10-12-16(18)13-11-15/h5-13,17H,3-4,18H2,1-2H3. The molecule has 0 fully saturated rings. The summed E-state index contributed by atoms with van der Waals surface area (Å²) in [6.07, 6.45) is 0. The molecule has 0 heterocycles. The monoisotopic (exact) mass is 335 g/mol. The predicted octanol–water partition coefficient (Wildman–Crippen LogP) is 5.39. The van der Waals surface area contributed by atoms with Gasteiger partial charge < -0.3 is 14.8 Å². The molecule has 2 aromatic carbocycles. The van der Waals surface area contributed by atoms with Crippen molar-refractivity contribution in [2.45, 2.75) is 19.1 Å². The minimum absolute atomic E-state index is 0.172. The molecule has 0 saturated heterocycles. The zero-order valence-electron chi connectivity index (χ0n) is 12.9. The average Bonchev–Trinajstić information content (AvgIpc) is 2.55. The highest BCUT2D eigenvalue weighted by molar-refractivity contribution is 8.53. The van der Waals surface area contributed by atoms with Gasteiger partial charge in [0.1, 0.15) is 0 Å². The first-order chi connectivity index (χ1) is 10.7. The van der Waals surface area contributed by atoms with Crippen LogP contribution in [0.3, 0.4) is 0 Å². The fraction of sp³-hybridized carbons (Fsp3) is 0.294. The molecule has 2 aromatic rings. The average molecular weight is 335 g/mol. The number of benzene rings is 2. The Morgan fingerprint density at radius 3 is 2.00 bits per heavy atom. The summed E-state index contributed by atoms with van der Waals surface area (Å²) in [6.45, 7) is 5.30. The van der Waals surface area contributed by atoms with Gasteiger partial charge in [-0.15, -0.1) is 0 Å². The highest BCUT2D eigenvalue weighted by Crippen LogP contribution is 2.59. The van der Waals surface area contributed by atoms with Gasteiger partial charge in [0.15, 0.2) is 0 Å². The van der Waals surface area contributed by atoms with Crippen LogP contribution in [0.4, 0.5) is 5.69 Å². The second-order valence-corrected chi connectivity index (χ2v) is 7.79. The molecular weight excluding hydrogens is 313 g/mol. The van der Waals surface area contributed by atoms with Crippen molar-refractivity contribution in [3.05, 3.63) is 65.7 Å². The topological polar surface area (TPSA) is 44.5 Å². The Kier molecular flexibility index (Phi) is 7.20. The van der Waals surface area contributed by atoms with Gasteiger partial charge >= 0.3 is 0 Å². The van der Waals surface area contributed by atoms with Crippen molar-refractivity contribution in [2.24, 2.45) is 0 Å². The maximum Gasteiger partial charge on any atom is 0.238 e. The number of hydrogen-bond acceptors (Lipinski definition) is 4. The zero-order valence-corrected chi connectivity index (χ0v) is 14.6. The maximum atomic E-state index is 5.81. The first-order valence-corrected chi connectivity index (χ1v) is 10.0. The van der Waals surface area contributed by atoms with Crippen LogP contribution < -0.4 is 5.73 Å². The predicted molar refractivity (Wildman–Crippen MR) is 96.9 cm³/mol. The molecule has 0 radical (unpaired) electrons. The van der Waals surface area contributed by atoms with E-state index in [0.29, 0.717) is 13.2 Å². The van der Waals surface area contributed by atoms with Gasteiger partial charge in [0.2, 0.25) is 7.58 Å². The molecule has 0 aromatic heterocycles. The van der Waals surface area contributed by atoms with Crippen molar-refractivity contribution >= 4 is 24.6 Å². The lowest BCUT2D eigenvalue weighted by Crippen LogP contribution is -1.98. The first-order valence-electron chi connectivity index (χ1n) is 7.37. The molecule has 0 aliphatic rings. The molecule has 2 rings (SSSR count). The molecule has 22 heavy (non-hydrogen) atoms. The zero-order chi connectivity index (χ0) is 15.8. The third-order valence-electron chi connectivity index (χ3n) is 3.00. The Morgan fingerprint density at radius 1 is 0.909 bits per heavy atom. The molecule has 3 nitrogen and oxygen atoms in total. The number of anilines is 1. The van der Waals surface area contributed by atoms with Crippen LogP contribution in [0.15, 0.2) is 54.6 Å². The fourth-order valence-electron chi connectivity index (χ4n) is 2.01. The molecule has 0 aliphatic carbocycles. The van der Waals surface area contributed by atoms with Gasteiger partial charge in [0, 0.05) is 5.69 Å². The Labute approximate surface area is 137 Å². The summed E-state index contributed by atoms with van der Waals surface area (Å²) in [5.41, 5.74) is 9.03. The van der Waals surface area contributed by atoms with E-state index in [0.717, 1.165) is 5.69 Å². The van der Waals surface area contributed by atoms with Gasteiger partial charge in [-0.25, -0.2) is 0 Å². The highest BCUT2D eigenvalue weighted by atomic mass is 32.7. The van der Waals surface area contributed by atoms with Crippen LogP contribution in [-0.4, -0.2) is 13.2 Å². The Morgan fingerprint density at radius 2 is 1.45 bits per heavy atom. The third-order valence-corrected chi connectivity index (χ3v) is 6.65. The molecule has 5 heteroatoms. The van der Waals surface area contributed by atoms with Crippen molar-refractivity contribution in [3.8, 4) is 0 Å². The summed E-state index contributed by atoms with van der Waals surface area (Å²) in [4.78, 5) is 0. The minimum atomic E-state index is -0.970. The van der Waals surface area contributed by atoms with Gasteiger partial charge in [0.25, 0.3) is 0 Å². The Balaban J connectivity index is 2.27. The van der Waals surface area contributed by atoms with Crippen molar-refractivity contribution in [1.82, 2.24) is 0 Å². The van der Waals surface area contributed by atoms with Crippen LogP contribution in [0.25, 0.3) is 0 Å². The van der Waals surface area contributed by atoms with Crippen LogP contribution in [0.1, 0.15) is 30.2 Å². The molecule has 0 spiro atoms. The molecule has 0 amide bonds. The molecule has 118 valence electrons. The molecular formula is C17H22NO2PS. The fourth-order valence-corrected chi connectivity index (χ4v) is 5.60. The number of nitrogens with two attached hydrogens (primary N) is 1. The van der Waals surface area contributed by atoms with E-state index in [1.165, 1.54) is 11.1 Å². The molecule has 0 aliphatic heterocycles. The largest absolute Gasteiger partial charge is 0.399 e. The van der Waals surface area contributed by atoms with Gasteiger partial charge in [-0.2, -0.15) is 0 Å². The molecule has 0 saturated carbocycles. The van der Waals surface area contributed by atoms with E-state index < -0.39 is 7.58 Å². The highest BCUT2D eigenvalue weighted by Gasteiger charge is 2.22. The van der Waals surface area contributed by atoms with Crippen molar-refractivity contribution in [1.29, 1.82) is 0 Å². The SMILES string of the molecule is CCOP(OCC)SC(c1ccccc1)c1ccc(N)cc1. The van der Waals surface area contributed by atoms with E-state index in [-0.39, 0.29) is 5.25 Å². The van der Waals surface area contributed by atoms with Gasteiger partial charge in [0.05, 0.1) is 18.5 Å². The van der Waals surface area contributed by atoms with Gasteiger partial charge in [-0.05, 0) is 37.1 Å².